The zero-order valence-corrected chi connectivity index (χ0v) is 8.58. The lowest BCUT2D eigenvalue weighted by atomic mass is 10.3. The number of nitrogen functional groups attached to an aromatic ring is 1. The number of thiophene rings is 1. The van der Waals surface area contributed by atoms with Gasteiger partial charge in [0.25, 0.3) is 0 Å². The smallest absolute Gasteiger partial charge is 0.214 e. The molecule has 6 heteroatoms. The Morgan fingerprint density at radius 3 is 2.92 bits per heavy atom. The average molecular weight is 212 g/mol. The number of hydrogen-bond acceptors (Lipinski definition) is 4. The molecule has 0 fully saturated rings. The van der Waals surface area contributed by atoms with E-state index in [1.165, 1.54) is 10.2 Å². The van der Waals surface area contributed by atoms with Crippen molar-refractivity contribution in [1.29, 1.82) is 0 Å². The Balaban J connectivity index is 2.58. The predicted molar refractivity (Wildman–Crippen MR) is 55.6 cm³/mol. The molecule has 2 rings (SSSR count). The van der Waals surface area contributed by atoms with Crippen molar-refractivity contribution in [3.63, 3.8) is 0 Å². The van der Waals surface area contributed by atoms with Gasteiger partial charge in [0.1, 0.15) is 0 Å². The zero-order chi connectivity index (χ0) is 9.42. The van der Waals surface area contributed by atoms with Gasteiger partial charge < -0.3 is 5.84 Å². The monoisotopic (exact) mass is 212 g/mol. The number of nitrogens with zero attached hydrogens (tertiary/aromatic N) is 2. The summed E-state index contributed by atoms with van der Waals surface area (Å²) in [5.74, 6) is 6.35. The summed E-state index contributed by atoms with van der Waals surface area (Å²) in [5, 5.41) is 8.72. The van der Waals surface area contributed by atoms with Crippen LogP contribution in [0.4, 0.5) is 0 Å². The predicted octanol–water partition coefficient (Wildman–Crippen LogP) is 1.69. The Bertz CT molecular complexity index is 479. The van der Waals surface area contributed by atoms with Crippen molar-refractivity contribution in [1.82, 2.24) is 14.9 Å². The van der Waals surface area contributed by atoms with E-state index in [2.05, 4.69) is 10.2 Å². The van der Waals surface area contributed by atoms with Gasteiger partial charge in [0, 0.05) is 0 Å². The van der Waals surface area contributed by atoms with Crippen LogP contribution in [0.3, 0.4) is 0 Å². The second-order valence-electron chi connectivity index (χ2n) is 2.71. The normalized spacial score (nSPS) is 10.5. The topological polar surface area (TPSA) is 59.6 Å². The van der Waals surface area contributed by atoms with Crippen LogP contribution < -0.4 is 5.84 Å². The molecule has 2 aromatic rings. The minimum atomic E-state index is 0.432. The number of H-pyrrole nitrogens is 1. The number of aromatic nitrogens is 3. The van der Waals surface area contributed by atoms with Crippen LogP contribution in [0, 0.1) is 11.7 Å². The molecular weight excluding hydrogens is 204 g/mol. The van der Waals surface area contributed by atoms with Gasteiger partial charge in [0.2, 0.25) is 4.77 Å². The molecule has 2 aromatic heterocycles. The van der Waals surface area contributed by atoms with E-state index in [0.29, 0.717) is 10.6 Å². The lowest BCUT2D eigenvalue weighted by molar-refractivity contribution is 0.986. The van der Waals surface area contributed by atoms with Gasteiger partial charge in [-0.3, -0.25) is 0 Å². The van der Waals surface area contributed by atoms with Crippen molar-refractivity contribution in [3.8, 4) is 10.7 Å². The van der Waals surface area contributed by atoms with Gasteiger partial charge in [0.15, 0.2) is 5.82 Å². The van der Waals surface area contributed by atoms with Crippen molar-refractivity contribution >= 4 is 23.6 Å². The summed E-state index contributed by atoms with van der Waals surface area (Å²) in [6.07, 6.45) is 0. The second-order valence-corrected chi connectivity index (χ2v) is 4.01. The van der Waals surface area contributed by atoms with Gasteiger partial charge in [0.05, 0.1) is 4.88 Å². The van der Waals surface area contributed by atoms with Crippen molar-refractivity contribution < 1.29 is 0 Å². The molecule has 4 nitrogen and oxygen atoms in total. The fourth-order valence-electron chi connectivity index (χ4n) is 1.03. The third-order valence-corrected chi connectivity index (χ3v) is 2.99. The van der Waals surface area contributed by atoms with Gasteiger partial charge in [-0.05, 0) is 36.2 Å². The van der Waals surface area contributed by atoms with E-state index in [0.717, 1.165) is 4.88 Å². The minimum absolute atomic E-state index is 0.432. The molecule has 0 radical (unpaired) electrons. The molecule has 0 spiro atoms. The van der Waals surface area contributed by atoms with E-state index >= 15 is 0 Å². The first-order chi connectivity index (χ1) is 6.18. The van der Waals surface area contributed by atoms with E-state index < -0.39 is 0 Å². The Labute approximate surface area is 84.0 Å². The van der Waals surface area contributed by atoms with Crippen LogP contribution in [0.5, 0.6) is 0 Å². The largest absolute Gasteiger partial charge is 0.335 e. The molecule has 13 heavy (non-hydrogen) atoms. The van der Waals surface area contributed by atoms with Crippen LogP contribution in [0.15, 0.2) is 11.4 Å². The van der Waals surface area contributed by atoms with E-state index in [9.17, 15) is 0 Å². The van der Waals surface area contributed by atoms with E-state index in [-0.39, 0.29) is 0 Å². The lowest BCUT2D eigenvalue weighted by Gasteiger charge is -1.94. The van der Waals surface area contributed by atoms with Crippen molar-refractivity contribution in [2.24, 2.45) is 0 Å². The van der Waals surface area contributed by atoms with E-state index in [1.807, 2.05) is 18.4 Å². The molecule has 0 saturated carbocycles. The highest BCUT2D eigenvalue weighted by molar-refractivity contribution is 7.71. The number of aryl methyl sites for hydroxylation is 1. The lowest BCUT2D eigenvalue weighted by Crippen LogP contribution is -2.09. The summed E-state index contributed by atoms with van der Waals surface area (Å²) in [6, 6.07) is 2.03. The molecule has 68 valence electrons. The van der Waals surface area contributed by atoms with Crippen LogP contribution in [-0.4, -0.2) is 14.9 Å². The quantitative estimate of drug-likeness (QED) is 0.558. The molecule has 2 heterocycles. The zero-order valence-electron chi connectivity index (χ0n) is 6.94. The molecule has 0 aromatic carbocycles. The first-order valence-corrected chi connectivity index (χ1v) is 4.95. The summed E-state index contributed by atoms with van der Waals surface area (Å²) < 4.78 is 1.81. The Kier molecular flexibility index (Phi) is 1.93. The molecular formula is C7H8N4S2. The van der Waals surface area contributed by atoms with Crippen LogP contribution in [0.25, 0.3) is 10.7 Å². The third kappa shape index (κ3) is 1.38. The van der Waals surface area contributed by atoms with Crippen LogP contribution in [0.2, 0.25) is 0 Å². The standard InChI is InChI=1S/C7H8N4S2/c1-4-2-5(13-3-4)6-9-10-7(12)11(6)8/h2-3H,8H2,1H3,(H,10,12). The summed E-state index contributed by atoms with van der Waals surface area (Å²) in [6.45, 7) is 2.03. The summed E-state index contributed by atoms with van der Waals surface area (Å²) in [4.78, 5) is 1.02. The van der Waals surface area contributed by atoms with Gasteiger partial charge >= 0.3 is 0 Å². The Morgan fingerprint density at radius 2 is 2.46 bits per heavy atom. The highest BCUT2D eigenvalue weighted by atomic mass is 32.1. The maximum absolute atomic E-state index is 5.67. The Hall–Kier alpha value is -1.14. The maximum atomic E-state index is 5.67. The molecule has 0 aliphatic heterocycles. The van der Waals surface area contributed by atoms with Gasteiger partial charge in [-0.2, -0.15) is 5.10 Å². The molecule has 0 saturated heterocycles. The molecule has 3 N–H and O–H groups in total. The second kappa shape index (κ2) is 2.97. The summed E-state index contributed by atoms with van der Waals surface area (Å²) >= 11 is 6.51. The molecule has 0 bridgehead atoms. The van der Waals surface area contributed by atoms with E-state index in [1.54, 1.807) is 11.3 Å². The first-order valence-electron chi connectivity index (χ1n) is 3.66. The number of rotatable bonds is 1. The highest BCUT2D eigenvalue weighted by Gasteiger charge is 2.07. The van der Waals surface area contributed by atoms with Crippen molar-refractivity contribution in [3.05, 3.63) is 21.8 Å². The molecule has 0 aliphatic rings. The molecule has 0 unspecified atom stereocenters. The van der Waals surface area contributed by atoms with Crippen LogP contribution >= 0.6 is 23.6 Å². The maximum Gasteiger partial charge on any atom is 0.214 e. The van der Waals surface area contributed by atoms with E-state index in [4.69, 9.17) is 18.1 Å². The molecule has 0 aliphatic carbocycles. The Morgan fingerprint density at radius 1 is 1.69 bits per heavy atom. The fraction of sp³-hybridized carbons (Fsp3) is 0.143. The fourth-order valence-corrected chi connectivity index (χ4v) is 2.04. The van der Waals surface area contributed by atoms with Crippen molar-refractivity contribution in [2.45, 2.75) is 6.92 Å². The average Bonchev–Trinajstić information content (AvgIpc) is 2.62. The van der Waals surface area contributed by atoms with Crippen molar-refractivity contribution in [2.75, 3.05) is 5.84 Å². The van der Waals surface area contributed by atoms with Gasteiger partial charge in [-0.15, -0.1) is 11.3 Å². The van der Waals surface area contributed by atoms with Gasteiger partial charge in [-0.1, -0.05) is 0 Å². The first kappa shape index (κ1) is 8.46. The van der Waals surface area contributed by atoms with Gasteiger partial charge in [-0.25, -0.2) is 9.77 Å². The molecule has 0 amide bonds. The third-order valence-electron chi connectivity index (χ3n) is 1.66. The minimum Gasteiger partial charge on any atom is -0.335 e. The number of hydrogen-bond donors (Lipinski definition) is 2. The number of aromatic amines is 1. The van der Waals surface area contributed by atoms with Crippen LogP contribution in [-0.2, 0) is 0 Å². The number of nitrogens with two attached hydrogens (primary N) is 1. The summed E-state index contributed by atoms with van der Waals surface area (Å²) in [7, 11) is 0. The molecule has 0 atom stereocenters. The SMILES string of the molecule is Cc1csc(-c2n[nH]c(=S)n2N)c1. The van der Waals surface area contributed by atoms with Crippen LogP contribution in [0.1, 0.15) is 5.56 Å². The summed E-state index contributed by atoms with van der Waals surface area (Å²) in [5.41, 5.74) is 1.20. The highest BCUT2D eigenvalue weighted by Crippen LogP contribution is 2.23. The number of nitrogens with one attached hydrogen (secondary N) is 1.